The topological polar surface area (TPSA) is 153 Å². The molecule has 1 amide bonds. The molecule has 2 saturated heterocycles. The van der Waals surface area contributed by atoms with E-state index in [1.807, 2.05) is 4.90 Å². The second-order valence-corrected chi connectivity index (χ2v) is 12.6. The predicted molar refractivity (Wildman–Crippen MR) is 162 cm³/mol. The molecule has 2 aliphatic heterocycles. The van der Waals surface area contributed by atoms with Gasteiger partial charge < -0.3 is 20.0 Å². The Kier molecular flexibility index (Phi) is 7.16. The van der Waals surface area contributed by atoms with Gasteiger partial charge in [0.2, 0.25) is 11.8 Å². The number of rotatable bonds is 6. The molecular weight excluding hydrogens is 591 g/mol. The van der Waals surface area contributed by atoms with Crippen LogP contribution in [-0.2, 0) is 24.4 Å². The Balaban J connectivity index is 1.03. The zero-order valence-electron chi connectivity index (χ0n) is 24.1. The number of nitrogens with two attached hydrogens (primary N) is 1. The normalized spacial score (nSPS) is 16.9. The Hall–Kier alpha value is -4.57. The predicted octanol–water partition coefficient (Wildman–Crippen LogP) is 0.786. The van der Waals surface area contributed by atoms with E-state index in [0.717, 1.165) is 0 Å². The first-order valence-electron chi connectivity index (χ1n) is 14.3. The van der Waals surface area contributed by atoms with Crippen molar-refractivity contribution in [2.45, 2.75) is 6.54 Å². The number of anilines is 2. The van der Waals surface area contributed by atoms with E-state index in [4.69, 9.17) is 10.2 Å². The lowest BCUT2D eigenvalue weighted by Gasteiger charge is -2.36. The number of aryl methyl sites for hydroxylation is 1. The number of hydrogen-bond acceptors (Lipinski definition) is 10. The molecule has 2 fully saturated rings. The van der Waals surface area contributed by atoms with Gasteiger partial charge in [0, 0.05) is 87.3 Å². The van der Waals surface area contributed by atoms with Crippen molar-refractivity contribution < 1.29 is 17.8 Å². The Morgan fingerprint density at radius 1 is 1.05 bits per heavy atom. The number of furan rings is 1. The molecule has 5 aromatic rings. The van der Waals surface area contributed by atoms with Crippen LogP contribution in [0.4, 0.5) is 16.0 Å². The number of hydrogen-bond donors (Lipinski definition) is 1. The largest absolute Gasteiger partial charge is 0.461 e. The van der Waals surface area contributed by atoms with E-state index in [1.54, 1.807) is 40.8 Å². The summed E-state index contributed by atoms with van der Waals surface area (Å²) in [6.07, 6.45) is 1.53. The third-order valence-electron chi connectivity index (χ3n) is 8.33. The van der Waals surface area contributed by atoms with Gasteiger partial charge in [-0.3, -0.25) is 23.0 Å². The molecular formula is C28H31FN10O4S. The minimum Gasteiger partial charge on any atom is -0.461 e. The highest BCUT2D eigenvalue weighted by atomic mass is 32.2. The summed E-state index contributed by atoms with van der Waals surface area (Å²) >= 11 is 0. The molecule has 4 aromatic heterocycles. The zero-order valence-corrected chi connectivity index (χ0v) is 24.9. The van der Waals surface area contributed by atoms with Crippen LogP contribution in [0.5, 0.6) is 0 Å². The summed E-state index contributed by atoms with van der Waals surface area (Å²) in [5.41, 5.74) is 8.09. The van der Waals surface area contributed by atoms with Crippen LogP contribution in [0, 0.1) is 5.82 Å². The molecule has 0 saturated carbocycles. The quantitative estimate of drug-likeness (QED) is 0.288. The van der Waals surface area contributed by atoms with Crippen LogP contribution in [0.25, 0.3) is 28.4 Å². The second kappa shape index (κ2) is 11.2. The Morgan fingerprint density at radius 2 is 1.82 bits per heavy atom. The summed E-state index contributed by atoms with van der Waals surface area (Å²) in [5, 5.41) is 4.41. The van der Waals surface area contributed by atoms with E-state index in [9.17, 15) is 13.8 Å². The fourth-order valence-corrected chi connectivity index (χ4v) is 6.93. The molecule has 0 radical (unpaired) electrons. The molecule has 1 aromatic carbocycles. The van der Waals surface area contributed by atoms with Gasteiger partial charge in [-0.15, -0.1) is 5.10 Å². The number of fused-ring (bicyclic) bond motifs is 3. The molecule has 230 valence electrons. The van der Waals surface area contributed by atoms with Gasteiger partial charge in [0.25, 0.3) is 5.91 Å². The third-order valence-corrected chi connectivity index (χ3v) is 9.61. The molecule has 0 spiro atoms. The molecule has 0 atom stereocenters. The summed E-state index contributed by atoms with van der Waals surface area (Å²) in [7, 11) is 0.777. The van der Waals surface area contributed by atoms with Crippen molar-refractivity contribution in [2.75, 3.05) is 68.0 Å². The Morgan fingerprint density at radius 3 is 2.52 bits per heavy atom. The van der Waals surface area contributed by atoms with Crippen LogP contribution >= 0.6 is 0 Å². The number of nitrogens with zero attached hydrogens (tertiary/aromatic N) is 9. The lowest BCUT2D eigenvalue weighted by atomic mass is 10.1. The van der Waals surface area contributed by atoms with E-state index in [0.29, 0.717) is 104 Å². The van der Waals surface area contributed by atoms with Crippen LogP contribution in [-0.4, -0.2) is 106 Å². The van der Waals surface area contributed by atoms with E-state index < -0.39 is 16.6 Å². The first-order valence-corrected chi connectivity index (χ1v) is 15.8. The lowest BCUT2D eigenvalue weighted by molar-refractivity contribution is 0.0770. The van der Waals surface area contributed by atoms with Crippen LogP contribution in [0.1, 0.15) is 10.4 Å². The van der Waals surface area contributed by atoms with E-state index >= 15 is 4.39 Å². The maximum absolute atomic E-state index is 15.2. The van der Waals surface area contributed by atoms with Gasteiger partial charge >= 0.3 is 5.69 Å². The van der Waals surface area contributed by atoms with Gasteiger partial charge in [-0.2, -0.15) is 9.50 Å². The second-order valence-electron chi connectivity index (χ2n) is 10.9. The van der Waals surface area contributed by atoms with Crippen molar-refractivity contribution in [3.8, 4) is 11.6 Å². The number of amides is 1. The van der Waals surface area contributed by atoms with Crippen LogP contribution < -0.4 is 16.3 Å². The summed E-state index contributed by atoms with van der Waals surface area (Å²) in [6, 6.07) is 8.10. The minimum absolute atomic E-state index is 0.105. The minimum atomic E-state index is -0.891. The van der Waals surface area contributed by atoms with Crippen molar-refractivity contribution >= 4 is 45.2 Å². The molecule has 2 aliphatic rings. The fraction of sp³-hybridized carbons (Fsp3) is 0.393. The Bertz CT molecular complexity index is 1950. The molecule has 0 unspecified atom stereocenters. The van der Waals surface area contributed by atoms with E-state index in [-0.39, 0.29) is 17.5 Å². The van der Waals surface area contributed by atoms with Crippen LogP contribution in [0.15, 0.2) is 45.8 Å². The average molecular weight is 623 g/mol. The molecule has 2 N–H and O–H groups in total. The Labute approximate surface area is 252 Å². The monoisotopic (exact) mass is 622 g/mol. The van der Waals surface area contributed by atoms with Gasteiger partial charge in [0.15, 0.2) is 17.1 Å². The van der Waals surface area contributed by atoms with E-state index in [2.05, 4.69) is 20.0 Å². The summed E-state index contributed by atoms with van der Waals surface area (Å²) in [4.78, 5) is 41.0. The first-order chi connectivity index (χ1) is 21.3. The average Bonchev–Trinajstić information content (AvgIpc) is 3.77. The number of aromatic nitrogens is 6. The molecule has 16 heteroatoms. The van der Waals surface area contributed by atoms with Gasteiger partial charge in [0.05, 0.1) is 12.0 Å². The SMILES string of the molecule is Cn1c(=O)n(CCN2CCN(c3ccc(C(=O)N4CCS(=O)CC4)cc3F)CC2)c2nc(N)n3nc(-c4ccco4)nc3c21. The van der Waals surface area contributed by atoms with Gasteiger partial charge in [-0.05, 0) is 30.3 Å². The number of nitrogen functional groups attached to an aromatic ring is 1. The number of benzene rings is 1. The van der Waals surface area contributed by atoms with Gasteiger partial charge in [-0.25, -0.2) is 14.2 Å². The van der Waals surface area contributed by atoms with Crippen molar-refractivity contribution in [1.29, 1.82) is 0 Å². The standard InChI is InChI=1S/C28H31FN10O4S/c1-34-22-24(32-27(30)39-25(22)31-23(33-39)21-3-2-14-43-21)38(28(34)41)11-8-35-6-9-36(10-7-35)20-5-4-18(17-19(20)29)26(40)37-12-15-44(42)16-13-37/h2-5,14,17H,6-13,15-16H2,1H3,(H2,30,32). The molecule has 0 aliphatic carbocycles. The summed E-state index contributed by atoms with van der Waals surface area (Å²) in [6.45, 7) is 4.32. The van der Waals surface area contributed by atoms with Crippen LogP contribution in [0.3, 0.4) is 0 Å². The fourth-order valence-electron chi connectivity index (χ4n) is 5.87. The maximum Gasteiger partial charge on any atom is 0.330 e. The molecule has 44 heavy (non-hydrogen) atoms. The number of carbonyl (C=O) groups is 1. The lowest BCUT2D eigenvalue weighted by Crippen LogP contribution is -2.48. The number of piperazine rings is 1. The van der Waals surface area contributed by atoms with Crippen molar-refractivity contribution in [1.82, 2.24) is 38.5 Å². The smallest absolute Gasteiger partial charge is 0.330 e. The van der Waals surface area contributed by atoms with Crippen molar-refractivity contribution in [3.63, 3.8) is 0 Å². The molecule has 6 heterocycles. The molecule has 0 bridgehead atoms. The van der Waals surface area contributed by atoms with Gasteiger partial charge in [0.1, 0.15) is 11.3 Å². The van der Waals surface area contributed by atoms with E-state index in [1.165, 1.54) is 21.4 Å². The highest BCUT2D eigenvalue weighted by molar-refractivity contribution is 7.85. The van der Waals surface area contributed by atoms with Gasteiger partial charge in [-0.1, -0.05) is 0 Å². The highest BCUT2D eigenvalue weighted by Crippen LogP contribution is 2.25. The van der Waals surface area contributed by atoms with Crippen molar-refractivity contribution in [2.24, 2.45) is 7.05 Å². The number of imidazole rings is 1. The zero-order chi connectivity index (χ0) is 30.5. The van der Waals surface area contributed by atoms with Crippen LogP contribution in [0.2, 0.25) is 0 Å². The summed E-state index contributed by atoms with van der Waals surface area (Å²) < 4.78 is 36.7. The first kappa shape index (κ1) is 28.2. The highest BCUT2D eigenvalue weighted by Gasteiger charge is 2.25. The maximum atomic E-state index is 15.2. The molecule has 7 rings (SSSR count). The molecule has 14 nitrogen and oxygen atoms in total. The third kappa shape index (κ3) is 4.93. The number of halogens is 1. The van der Waals surface area contributed by atoms with Crippen molar-refractivity contribution in [3.05, 3.63) is 58.5 Å². The number of carbonyl (C=O) groups excluding carboxylic acids is 1. The summed E-state index contributed by atoms with van der Waals surface area (Å²) in [5.74, 6) is 1.16.